The van der Waals surface area contributed by atoms with Crippen molar-refractivity contribution in [2.75, 3.05) is 0 Å². The number of nitrogens with two attached hydrogens (primary N) is 1. The van der Waals surface area contributed by atoms with E-state index in [2.05, 4.69) is 5.73 Å². The first-order chi connectivity index (χ1) is 3.46. The van der Waals surface area contributed by atoms with Crippen LogP contribution in [0, 0.1) is 0 Å². The molecule has 0 aliphatic rings. The lowest BCUT2D eigenvalue weighted by Crippen LogP contribution is -2.03. The zero-order chi connectivity index (χ0) is 7.15. The van der Waals surface area contributed by atoms with Crippen molar-refractivity contribution in [2.45, 2.75) is 19.2 Å². The lowest BCUT2D eigenvalue weighted by Gasteiger charge is -1.76. The van der Waals surface area contributed by atoms with Gasteiger partial charge in [0.15, 0.2) is 0 Å². The first kappa shape index (κ1) is 10.5. The molecule has 0 aromatic carbocycles. The fourth-order valence-corrected chi connectivity index (χ4v) is 0. The molecule has 0 spiro atoms. The van der Waals surface area contributed by atoms with Crippen molar-refractivity contribution in [3.05, 3.63) is 0 Å². The molecule has 8 heavy (non-hydrogen) atoms. The highest BCUT2D eigenvalue weighted by molar-refractivity contribution is 6.20. The maximum atomic E-state index is 8.78. The van der Waals surface area contributed by atoms with E-state index >= 15 is 0 Å². The van der Waals surface area contributed by atoms with Gasteiger partial charge in [0.05, 0.1) is 0 Å². The molecule has 0 radical (unpaired) electrons. The highest BCUT2D eigenvalue weighted by atomic mass is 35.5. The Morgan fingerprint density at radius 3 is 1.75 bits per heavy atom. The standard InChI is InChI=1S/C3H7Cl.CH3NO2/c1-3(2)4;2-1(3)4/h3H,1-2H3;2H2,(H,3,4). The Morgan fingerprint density at radius 2 is 1.75 bits per heavy atom. The van der Waals surface area contributed by atoms with Crippen LogP contribution < -0.4 is 5.73 Å². The molecule has 3 nitrogen and oxygen atoms in total. The fourth-order valence-electron chi connectivity index (χ4n) is 0. The van der Waals surface area contributed by atoms with Crippen LogP contribution in [0.3, 0.4) is 0 Å². The van der Waals surface area contributed by atoms with Crippen molar-refractivity contribution in [1.82, 2.24) is 0 Å². The average molecular weight is 140 g/mol. The zero-order valence-electron chi connectivity index (χ0n) is 4.89. The van der Waals surface area contributed by atoms with Gasteiger partial charge in [0.2, 0.25) is 0 Å². The summed E-state index contributed by atoms with van der Waals surface area (Å²) >= 11 is 5.27. The third-order valence-corrected chi connectivity index (χ3v) is 0. The molecule has 3 N–H and O–H groups in total. The molecule has 0 rings (SSSR count). The van der Waals surface area contributed by atoms with Crippen LogP contribution in [0.5, 0.6) is 0 Å². The summed E-state index contributed by atoms with van der Waals surface area (Å²) in [5, 5.41) is 7.50. The zero-order valence-corrected chi connectivity index (χ0v) is 5.64. The summed E-state index contributed by atoms with van der Waals surface area (Å²) in [6, 6.07) is 0. The number of hydrogen-bond donors (Lipinski definition) is 2. The Hall–Kier alpha value is -0.440. The lowest BCUT2D eigenvalue weighted by molar-refractivity contribution is 0.205. The molecule has 0 unspecified atom stereocenters. The second-order valence-corrected chi connectivity index (χ2v) is 2.22. The predicted octanol–water partition coefficient (Wildman–Crippen LogP) is 1.26. The van der Waals surface area contributed by atoms with Crippen molar-refractivity contribution in [3.63, 3.8) is 0 Å². The normalized spacial score (nSPS) is 7.50. The van der Waals surface area contributed by atoms with Crippen LogP contribution in [0.1, 0.15) is 13.8 Å². The van der Waals surface area contributed by atoms with Gasteiger partial charge in [-0.3, -0.25) is 0 Å². The van der Waals surface area contributed by atoms with Crippen molar-refractivity contribution in [1.29, 1.82) is 0 Å². The summed E-state index contributed by atoms with van der Waals surface area (Å²) < 4.78 is 0. The van der Waals surface area contributed by atoms with Gasteiger partial charge in [0.1, 0.15) is 0 Å². The first-order valence-electron chi connectivity index (χ1n) is 2.09. The maximum Gasteiger partial charge on any atom is 0.402 e. The van der Waals surface area contributed by atoms with E-state index in [1.165, 1.54) is 0 Å². The number of alkyl halides is 1. The van der Waals surface area contributed by atoms with Crippen LogP contribution >= 0.6 is 11.6 Å². The highest BCUT2D eigenvalue weighted by Gasteiger charge is 1.71. The van der Waals surface area contributed by atoms with Crippen LogP contribution in [0.4, 0.5) is 4.79 Å². The third kappa shape index (κ3) is 597. The van der Waals surface area contributed by atoms with Crippen LogP contribution in [0.2, 0.25) is 0 Å². The van der Waals surface area contributed by atoms with Crippen molar-refractivity contribution >= 4 is 17.7 Å². The molecule has 0 saturated carbocycles. The van der Waals surface area contributed by atoms with E-state index in [1.54, 1.807) is 0 Å². The molecule has 0 aliphatic heterocycles. The predicted molar refractivity (Wildman–Crippen MR) is 33.2 cm³/mol. The maximum absolute atomic E-state index is 8.78. The molecule has 0 heterocycles. The topological polar surface area (TPSA) is 63.3 Å². The largest absolute Gasteiger partial charge is 0.465 e. The summed E-state index contributed by atoms with van der Waals surface area (Å²) in [5.41, 5.74) is 4.03. The number of carbonyl (C=O) groups is 1. The van der Waals surface area contributed by atoms with Gasteiger partial charge in [-0.1, -0.05) is 0 Å². The van der Waals surface area contributed by atoms with E-state index < -0.39 is 6.09 Å². The number of rotatable bonds is 0. The molecule has 0 bridgehead atoms. The van der Waals surface area contributed by atoms with Gasteiger partial charge in [0, 0.05) is 5.38 Å². The first-order valence-corrected chi connectivity index (χ1v) is 2.53. The molecule has 0 aliphatic carbocycles. The van der Waals surface area contributed by atoms with Crippen LogP contribution in [0.25, 0.3) is 0 Å². The van der Waals surface area contributed by atoms with Gasteiger partial charge in [-0.25, -0.2) is 4.79 Å². The van der Waals surface area contributed by atoms with E-state index in [0.29, 0.717) is 5.38 Å². The Morgan fingerprint density at radius 1 is 1.75 bits per heavy atom. The minimum Gasteiger partial charge on any atom is -0.465 e. The van der Waals surface area contributed by atoms with Gasteiger partial charge in [-0.2, -0.15) is 0 Å². The number of amides is 1. The second kappa shape index (κ2) is 6.56. The monoisotopic (exact) mass is 139 g/mol. The number of primary amides is 1. The Balaban J connectivity index is 0. The minimum atomic E-state index is -1.33. The van der Waals surface area contributed by atoms with E-state index in [4.69, 9.17) is 21.5 Å². The van der Waals surface area contributed by atoms with Crippen LogP contribution in [0.15, 0.2) is 0 Å². The van der Waals surface area contributed by atoms with Crippen molar-refractivity contribution < 1.29 is 9.90 Å². The van der Waals surface area contributed by atoms with Crippen molar-refractivity contribution in [3.8, 4) is 0 Å². The molecule has 0 saturated heterocycles. The van der Waals surface area contributed by atoms with Crippen LogP contribution in [-0.2, 0) is 0 Å². The SMILES string of the molecule is CC(C)Cl.NC(=O)O. The molecule has 0 aromatic heterocycles. The Kier molecular flexibility index (Phi) is 8.63. The molecule has 0 atom stereocenters. The molecule has 0 aromatic rings. The van der Waals surface area contributed by atoms with E-state index in [9.17, 15) is 0 Å². The summed E-state index contributed by atoms with van der Waals surface area (Å²) in [4.78, 5) is 8.78. The molecular formula is C4H10ClNO2. The van der Waals surface area contributed by atoms with Gasteiger partial charge in [-0.15, -0.1) is 11.6 Å². The van der Waals surface area contributed by atoms with Gasteiger partial charge in [-0.05, 0) is 13.8 Å². The van der Waals surface area contributed by atoms with E-state index in [-0.39, 0.29) is 0 Å². The van der Waals surface area contributed by atoms with Gasteiger partial charge >= 0.3 is 6.09 Å². The molecular weight excluding hydrogens is 130 g/mol. The number of hydrogen-bond acceptors (Lipinski definition) is 1. The molecule has 4 heteroatoms. The third-order valence-electron chi connectivity index (χ3n) is 0. The van der Waals surface area contributed by atoms with E-state index in [1.807, 2.05) is 13.8 Å². The van der Waals surface area contributed by atoms with Gasteiger partial charge in [0.25, 0.3) is 0 Å². The van der Waals surface area contributed by atoms with Gasteiger partial charge < -0.3 is 10.8 Å². The Bertz CT molecular complexity index is 58.3. The lowest BCUT2D eigenvalue weighted by atomic mass is 10.6. The highest BCUT2D eigenvalue weighted by Crippen LogP contribution is 1.84. The quantitative estimate of drug-likeness (QED) is 0.497. The van der Waals surface area contributed by atoms with Crippen LogP contribution in [-0.4, -0.2) is 16.6 Å². The summed E-state index contributed by atoms with van der Waals surface area (Å²) in [5.74, 6) is 0. The molecule has 1 amide bonds. The number of halogens is 1. The fraction of sp³-hybridized carbons (Fsp3) is 0.750. The molecule has 0 fully saturated rings. The second-order valence-electron chi connectivity index (χ2n) is 1.35. The summed E-state index contributed by atoms with van der Waals surface area (Å²) in [6.07, 6.45) is -1.33. The smallest absolute Gasteiger partial charge is 0.402 e. The molecule has 50 valence electrons. The minimum absolute atomic E-state index is 0.306. The average Bonchev–Trinajstić information content (AvgIpc) is 1.25. The van der Waals surface area contributed by atoms with Crippen molar-refractivity contribution in [2.24, 2.45) is 5.73 Å². The summed E-state index contributed by atoms with van der Waals surface area (Å²) in [6.45, 7) is 3.86. The number of carboxylic acid groups (broad SMARTS) is 1. The summed E-state index contributed by atoms with van der Waals surface area (Å²) in [7, 11) is 0. The Labute approximate surface area is 53.4 Å². The van der Waals surface area contributed by atoms with E-state index in [0.717, 1.165) is 0 Å².